The Morgan fingerprint density at radius 2 is 2.10 bits per heavy atom. The maximum atomic E-state index is 7.08. The lowest BCUT2D eigenvalue weighted by Gasteiger charge is -2.06. The Morgan fingerprint density at radius 1 is 1.50 bits per heavy atom. The average molecular weight is 143 g/mol. The number of guanidine groups is 2. The fourth-order valence-corrected chi connectivity index (χ4v) is 0.429. The zero-order chi connectivity index (χ0) is 7.98. The molecule has 0 aliphatic heterocycles. The first-order valence-corrected chi connectivity index (χ1v) is 3.10. The van der Waals surface area contributed by atoms with Crippen molar-refractivity contribution < 1.29 is 0 Å². The second-order valence-electron chi connectivity index (χ2n) is 1.84. The molecule has 0 bridgehead atoms. The van der Waals surface area contributed by atoms with Gasteiger partial charge in [0.05, 0.1) is 0 Å². The lowest BCUT2D eigenvalue weighted by atomic mass is 10.5. The highest BCUT2D eigenvalue weighted by molar-refractivity contribution is 5.94. The van der Waals surface area contributed by atoms with Gasteiger partial charge in [0, 0.05) is 6.54 Å². The Morgan fingerprint density at radius 3 is 2.50 bits per heavy atom. The van der Waals surface area contributed by atoms with Gasteiger partial charge >= 0.3 is 0 Å². The molecule has 0 aliphatic rings. The summed E-state index contributed by atoms with van der Waals surface area (Å²) in [5.74, 6) is -0.136. The summed E-state index contributed by atoms with van der Waals surface area (Å²) in [6.45, 7) is 2.72. The number of nitrogens with two attached hydrogens (primary N) is 1. The van der Waals surface area contributed by atoms with Crippen LogP contribution in [0.5, 0.6) is 0 Å². The van der Waals surface area contributed by atoms with Gasteiger partial charge in [-0.25, -0.2) is 0 Å². The average Bonchev–Trinajstić information content (AvgIpc) is 1.82. The zero-order valence-electron chi connectivity index (χ0n) is 5.99. The normalized spacial score (nSPS) is 8.50. The van der Waals surface area contributed by atoms with Crippen molar-refractivity contribution in [2.75, 3.05) is 6.54 Å². The lowest BCUT2D eigenvalue weighted by Crippen LogP contribution is -2.43. The monoisotopic (exact) mass is 143 g/mol. The van der Waals surface area contributed by atoms with Gasteiger partial charge in [-0.3, -0.25) is 16.1 Å². The van der Waals surface area contributed by atoms with E-state index < -0.39 is 0 Å². The third-order valence-corrected chi connectivity index (χ3v) is 0.811. The fraction of sp³-hybridized carbons (Fsp3) is 0.600. The summed E-state index contributed by atoms with van der Waals surface area (Å²) in [7, 11) is 0. The van der Waals surface area contributed by atoms with Crippen molar-refractivity contribution in [2.24, 2.45) is 5.73 Å². The first-order chi connectivity index (χ1) is 4.66. The maximum absolute atomic E-state index is 7.08. The third kappa shape index (κ3) is 4.89. The lowest BCUT2D eigenvalue weighted by molar-refractivity contribution is 0.819. The maximum Gasteiger partial charge on any atom is 0.195 e. The minimum Gasteiger partial charge on any atom is -0.370 e. The van der Waals surface area contributed by atoms with Crippen LogP contribution in [0.4, 0.5) is 0 Å². The van der Waals surface area contributed by atoms with Gasteiger partial charge in [-0.05, 0) is 6.42 Å². The molecule has 58 valence electrons. The summed E-state index contributed by atoms with van der Waals surface area (Å²) in [5, 5.41) is 18.9. The second kappa shape index (κ2) is 4.60. The van der Waals surface area contributed by atoms with Crippen molar-refractivity contribution in [3.63, 3.8) is 0 Å². The first-order valence-electron chi connectivity index (χ1n) is 3.10. The van der Waals surface area contributed by atoms with Crippen LogP contribution in [0.2, 0.25) is 0 Å². The Labute approximate surface area is 60.0 Å². The molecule has 6 N–H and O–H groups in total. The van der Waals surface area contributed by atoms with Crippen molar-refractivity contribution in [2.45, 2.75) is 13.3 Å². The van der Waals surface area contributed by atoms with E-state index in [-0.39, 0.29) is 11.9 Å². The highest BCUT2D eigenvalue weighted by Gasteiger charge is 1.92. The van der Waals surface area contributed by atoms with Gasteiger partial charge in [0.15, 0.2) is 11.9 Å². The molecule has 5 heteroatoms. The van der Waals surface area contributed by atoms with E-state index in [1.54, 1.807) is 0 Å². The van der Waals surface area contributed by atoms with Gasteiger partial charge in [-0.2, -0.15) is 0 Å². The molecule has 0 saturated carbocycles. The van der Waals surface area contributed by atoms with Crippen LogP contribution in [0.25, 0.3) is 0 Å². The summed E-state index contributed by atoms with van der Waals surface area (Å²) < 4.78 is 0. The molecular formula is C5H13N5. The molecule has 0 atom stereocenters. The van der Waals surface area contributed by atoms with Crippen molar-refractivity contribution in [1.29, 1.82) is 10.8 Å². The van der Waals surface area contributed by atoms with E-state index >= 15 is 0 Å². The SMILES string of the molecule is CCCNC(=N)NC(=N)N. The van der Waals surface area contributed by atoms with Crippen molar-refractivity contribution in [1.82, 2.24) is 10.6 Å². The number of hydrogen-bond donors (Lipinski definition) is 5. The largest absolute Gasteiger partial charge is 0.370 e. The molecule has 0 saturated heterocycles. The molecule has 0 amide bonds. The minimum atomic E-state index is -0.214. The van der Waals surface area contributed by atoms with E-state index in [2.05, 4.69) is 10.6 Å². The van der Waals surface area contributed by atoms with Gasteiger partial charge in [0.25, 0.3) is 0 Å². The number of hydrogen-bond acceptors (Lipinski definition) is 2. The number of rotatable bonds is 2. The molecule has 0 rings (SSSR count). The van der Waals surface area contributed by atoms with Crippen molar-refractivity contribution in [3.8, 4) is 0 Å². The Bertz CT molecular complexity index is 130. The molecule has 0 spiro atoms. The second-order valence-corrected chi connectivity index (χ2v) is 1.84. The van der Waals surface area contributed by atoms with E-state index in [9.17, 15) is 0 Å². The Kier molecular flexibility index (Phi) is 4.02. The molecule has 10 heavy (non-hydrogen) atoms. The van der Waals surface area contributed by atoms with Gasteiger partial charge in [0.2, 0.25) is 0 Å². The fourth-order valence-electron chi connectivity index (χ4n) is 0.429. The summed E-state index contributed by atoms with van der Waals surface area (Å²) >= 11 is 0. The smallest absolute Gasteiger partial charge is 0.195 e. The zero-order valence-corrected chi connectivity index (χ0v) is 5.99. The molecule has 0 aromatic carbocycles. The highest BCUT2D eigenvalue weighted by Crippen LogP contribution is 1.67. The topological polar surface area (TPSA) is 97.8 Å². The predicted molar refractivity (Wildman–Crippen MR) is 41.1 cm³/mol. The van der Waals surface area contributed by atoms with Crippen LogP contribution in [0.3, 0.4) is 0 Å². The van der Waals surface area contributed by atoms with Crippen LogP contribution in [-0.4, -0.2) is 18.5 Å². The molecule has 0 aromatic rings. The van der Waals surface area contributed by atoms with Gasteiger partial charge in [-0.1, -0.05) is 6.92 Å². The molecule has 0 fully saturated rings. The summed E-state index contributed by atoms with van der Waals surface area (Å²) in [5.41, 5.74) is 4.96. The molecule has 0 aliphatic carbocycles. The molecule has 5 nitrogen and oxygen atoms in total. The Balaban J connectivity index is 3.35. The van der Waals surface area contributed by atoms with E-state index in [0.29, 0.717) is 0 Å². The van der Waals surface area contributed by atoms with Crippen molar-refractivity contribution in [3.05, 3.63) is 0 Å². The molecule has 0 aromatic heterocycles. The van der Waals surface area contributed by atoms with Crippen LogP contribution in [0, 0.1) is 10.8 Å². The highest BCUT2D eigenvalue weighted by atomic mass is 15.2. The van der Waals surface area contributed by atoms with Gasteiger partial charge in [0.1, 0.15) is 0 Å². The summed E-state index contributed by atoms with van der Waals surface area (Å²) in [6, 6.07) is 0. The Hall–Kier alpha value is -1.26. The summed E-state index contributed by atoms with van der Waals surface area (Å²) in [4.78, 5) is 0. The van der Waals surface area contributed by atoms with E-state index in [4.69, 9.17) is 16.6 Å². The third-order valence-electron chi connectivity index (χ3n) is 0.811. The van der Waals surface area contributed by atoms with E-state index in [1.807, 2.05) is 6.92 Å². The molecular weight excluding hydrogens is 130 g/mol. The molecule has 0 heterocycles. The van der Waals surface area contributed by atoms with Crippen molar-refractivity contribution >= 4 is 11.9 Å². The molecule has 0 unspecified atom stereocenters. The van der Waals surface area contributed by atoms with Gasteiger partial charge < -0.3 is 11.1 Å². The standard InChI is InChI=1S/C5H13N5/c1-2-3-9-5(8)10-4(6)7/h2-3H2,1H3,(H6,6,7,8,9,10). The van der Waals surface area contributed by atoms with Crippen LogP contribution in [0.1, 0.15) is 13.3 Å². The number of nitrogens with one attached hydrogen (secondary N) is 4. The van der Waals surface area contributed by atoms with E-state index in [0.717, 1.165) is 13.0 Å². The van der Waals surface area contributed by atoms with Crippen LogP contribution >= 0.6 is 0 Å². The predicted octanol–water partition coefficient (Wildman–Crippen LogP) is -0.596. The van der Waals surface area contributed by atoms with E-state index in [1.165, 1.54) is 0 Å². The van der Waals surface area contributed by atoms with Crippen LogP contribution < -0.4 is 16.4 Å². The van der Waals surface area contributed by atoms with Crippen LogP contribution in [0.15, 0.2) is 0 Å². The van der Waals surface area contributed by atoms with Gasteiger partial charge in [-0.15, -0.1) is 0 Å². The quantitative estimate of drug-likeness (QED) is 0.264. The van der Waals surface area contributed by atoms with Crippen LogP contribution in [-0.2, 0) is 0 Å². The minimum absolute atomic E-state index is 0.0781. The summed E-state index contributed by atoms with van der Waals surface area (Å²) in [6.07, 6.45) is 0.946. The molecule has 0 radical (unpaired) electrons. The first kappa shape index (κ1) is 8.74.